The number of carbonyl (C=O) groups is 3. The molecule has 1 aliphatic heterocycles. The highest BCUT2D eigenvalue weighted by Gasteiger charge is 2.45. The molecule has 1 aromatic carbocycles. The first-order valence-corrected chi connectivity index (χ1v) is 8.83. The van der Waals surface area contributed by atoms with Crippen LogP contribution < -0.4 is 4.90 Å². The van der Waals surface area contributed by atoms with Gasteiger partial charge in [0.2, 0.25) is 5.76 Å². The van der Waals surface area contributed by atoms with E-state index in [9.17, 15) is 18.8 Å². The molecule has 0 unspecified atom stereocenters. The molecule has 0 radical (unpaired) electrons. The van der Waals surface area contributed by atoms with E-state index in [1.807, 2.05) is 13.8 Å². The molecule has 1 aromatic rings. The Morgan fingerprint density at radius 1 is 1.15 bits per heavy atom. The van der Waals surface area contributed by atoms with E-state index in [1.54, 1.807) is 4.90 Å². The number of nitrogens with zero attached hydrogens (tertiary/aromatic N) is 2. The Kier molecular flexibility index (Phi) is 5.06. The second-order valence-electron chi connectivity index (χ2n) is 6.32. The molecule has 26 heavy (non-hydrogen) atoms. The number of halogens is 1. The van der Waals surface area contributed by atoms with Gasteiger partial charge in [-0.25, -0.2) is 9.29 Å². The lowest BCUT2D eigenvalue weighted by molar-refractivity contribution is -0.149. The van der Waals surface area contributed by atoms with Crippen molar-refractivity contribution in [1.82, 2.24) is 4.90 Å². The van der Waals surface area contributed by atoms with Gasteiger partial charge in [0, 0.05) is 13.1 Å². The van der Waals surface area contributed by atoms with Crippen LogP contribution in [0.1, 0.15) is 33.1 Å². The third-order valence-corrected chi connectivity index (χ3v) is 4.82. The fourth-order valence-corrected chi connectivity index (χ4v) is 3.06. The van der Waals surface area contributed by atoms with Crippen LogP contribution in [0.2, 0.25) is 0 Å². The van der Waals surface area contributed by atoms with Gasteiger partial charge in [0.25, 0.3) is 5.91 Å². The highest BCUT2D eigenvalue weighted by molar-refractivity contribution is 6.32. The van der Waals surface area contributed by atoms with Crippen LogP contribution in [-0.2, 0) is 19.1 Å². The summed E-state index contributed by atoms with van der Waals surface area (Å²) in [6.45, 7) is 4.65. The normalized spacial score (nSPS) is 17.6. The number of ether oxygens (including phenoxy) is 1. The first-order valence-electron chi connectivity index (χ1n) is 8.83. The molecule has 1 saturated carbocycles. The van der Waals surface area contributed by atoms with Gasteiger partial charge in [-0.2, -0.15) is 0 Å². The predicted octanol–water partition coefficient (Wildman–Crippen LogP) is 2.60. The lowest BCUT2D eigenvalue weighted by atomic mass is 9.86. The number of likely N-dealkylation sites (N-methyl/N-ethyl adjacent to an activating group) is 1. The topological polar surface area (TPSA) is 66.9 Å². The van der Waals surface area contributed by atoms with Crippen molar-refractivity contribution < 1.29 is 23.5 Å². The molecule has 0 spiro atoms. The van der Waals surface area contributed by atoms with Crippen LogP contribution in [0.15, 0.2) is 35.7 Å². The minimum atomic E-state index is -0.698. The minimum absolute atomic E-state index is 0.0806. The van der Waals surface area contributed by atoms with Gasteiger partial charge in [-0.05, 0) is 51.0 Å². The lowest BCUT2D eigenvalue weighted by Gasteiger charge is -2.24. The molecule has 2 amide bonds. The number of carbonyl (C=O) groups excluding carboxylic acids is 3. The van der Waals surface area contributed by atoms with Gasteiger partial charge in [0.1, 0.15) is 5.82 Å². The molecule has 3 rings (SSSR count). The van der Waals surface area contributed by atoms with Crippen LogP contribution in [0.4, 0.5) is 10.1 Å². The molecule has 1 heterocycles. The van der Waals surface area contributed by atoms with E-state index in [-0.39, 0.29) is 23.1 Å². The summed E-state index contributed by atoms with van der Waals surface area (Å²) in [4.78, 5) is 40.7. The second-order valence-corrected chi connectivity index (χ2v) is 6.32. The van der Waals surface area contributed by atoms with Crippen molar-refractivity contribution in [2.24, 2.45) is 5.92 Å². The minimum Gasteiger partial charge on any atom is -0.418 e. The summed E-state index contributed by atoms with van der Waals surface area (Å²) >= 11 is 0. The Balaban J connectivity index is 1.96. The average molecular weight is 360 g/mol. The number of anilines is 1. The van der Waals surface area contributed by atoms with E-state index < -0.39 is 23.6 Å². The Morgan fingerprint density at radius 3 is 2.27 bits per heavy atom. The predicted molar refractivity (Wildman–Crippen MR) is 92.3 cm³/mol. The van der Waals surface area contributed by atoms with Gasteiger partial charge in [0.15, 0.2) is 5.70 Å². The second kappa shape index (κ2) is 7.27. The summed E-state index contributed by atoms with van der Waals surface area (Å²) in [6.07, 6.45) is 2.42. The zero-order chi connectivity index (χ0) is 18.8. The molecule has 7 heteroatoms. The third kappa shape index (κ3) is 3.09. The van der Waals surface area contributed by atoms with Crippen molar-refractivity contribution in [2.75, 3.05) is 18.0 Å². The molecule has 0 N–H and O–H groups in total. The zero-order valence-electron chi connectivity index (χ0n) is 14.8. The zero-order valence-corrected chi connectivity index (χ0v) is 14.8. The highest BCUT2D eigenvalue weighted by Crippen LogP contribution is 2.33. The van der Waals surface area contributed by atoms with Crippen LogP contribution in [0.25, 0.3) is 0 Å². The standard InChI is InChI=1S/C19H21FN2O4/c1-3-21(4-2)15-16(26-19(25)12-6-5-7-12)18(24)22(17(15)23)14-10-8-13(20)9-11-14/h8-12H,3-7H2,1-2H3. The maximum atomic E-state index is 13.2. The van der Waals surface area contributed by atoms with E-state index in [1.165, 1.54) is 24.3 Å². The van der Waals surface area contributed by atoms with Crippen molar-refractivity contribution >= 4 is 23.5 Å². The fraction of sp³-hybridized carbons (Fsp3) is 0.421. The maximum Gasteiger partial charge on any atom is 0.314 e. The van der Waals surface area contributed by atoms with Crippen molar-refractivity contribution in [3.63, 3.8) is 0 Å². The Hall–Kier alpha value is -2.70. The monoisotopic (exact) mass is 360 g/mol. The summed E-state index contributed by atoms with van der Waals surface area (Å²) in [5, 5.41) is 0. The molecule has 1 aliphatic carbocycles. The lowest BCUT2D eigenvalue weighted by Crippen LogP contribution is -2.35. The summed E-state index contributed by atoms with van der Waals surface area (Å²) in [5.41, 5.74) is 0.317. The Labute approximate surface area is 151 Å². The number of esters is 1. The first kappa shape index (κ1) is 18.1. The summed E-state index contributed by atoms with van der Waals surface area (Å²) in [5.74, 6) is -2.67. The van der Waals surface area contributed by atoms with Gasteiger partial charge in [-0.3, -0.25) is 14.4 Å². The molecule has 138 valence electrons. The average Bonchev–Trinajstić information content (AvgIpc) is 2.80. The first-order chi connectivity index (χ1) is 12.5. The molecule has 0 bridgehead atoms. The number of hydrogen-bond acceptors (Lipinski definition) is 5. The molecule has 1 fully saturated rings. The van der Waals surface area contributed by atoms with Crippen molar-refractivity contribution in [1.29, 1.82) is 0 Å². The van der Waals surface area contributed by atoms with Gasteiger partial charge < -0.3 is 9.64 Å². The van der Waals surface area contributed by atoms with Crippen LogP contribution in [0.3, 0.4) is 0 Å². The number of benzene rings is 1. The SMILES string of the molecule is CCN(CC)C1=C(OC(=O)C2CCC2)C(=O)N(c2ccc(F)cc2)C1=O. The molecule has 0 aromatic heterocycles. The van der Waals surface area contributed by atoms with E-state index in [2.05, 4.69) is 0 Å². The fourth-order valence-electron chi connectivity index (χ4n) is 3.06. The van der Waals surface area contributed by atoms with Gasteiger partial charge in [0.05, 0.1) is 11.6 Å². The van der Waals surface area contributed by atoms with E-state index in [0.29, 0.717) is 13.1 Å². The van der Waals surface area contributed by atoms with Crippen LogP contribution >= 0.6 is 0 Å². The van der Waals surface area contributed by atoms with E-state index >= 15 is 0 Å². The summed E-state index contributed by atoms with van der Waals surface area (Å²) in [7, 11) is 0. The van der Waals surface area contributed by atoms with Crippen molar-refractivity contribution in [3.8, 4) is 0 Å². The summed E-state index contributed by atoms with van der Waals surface area (Å²) in [6, 6.07) is 5.04. The van der Waals surface area contributed by atoms with Crippen LogP contribution in [0.5, 0.6) is 0 Å². The smallest absolute Gasteiger partial charge is 0.314 e. The highest BCUT2D eigenvalue weighted by atomic mass is 19.1. The van der Waals surface area contributed by atoms with E-state index in [4.69, 9.17) is 4.74 Å². The number of imide groups is 1. The molecule has 6 nitrogen and oxygen atoms in total. The van der Waals surface area contributed by atoms with Gasteiger partial charge in [-0.15, -0.1) is 0 Å². The molecule has 2 aliphatic rings. The van der Waals surface area contributed by atoms with Gasteiger partial charge in [-0.1, -0.05) is 6.42 Å². The third-order valence-electron chi connectivity index (χ3n) is 4.82. The van der Waals surface area contributed by atoms with E-state index in [0.717, 1.165) is 24.2 Å². The van der Waals surface area contributed by atoms with Crippen LogP contribution in [-0.4, -0.2) is 35.8 Å². The molecule has 0 saturated heterocycles. The van der Waals surface area contributed by atoms with Gasteiger partial charge >= 0.3 is 11.9 Å². The summed E-state index contributed by atoms with van der Waals surface area (Å²) < 4.78 is 18.6. The van der Waals surface area contributed by atoms with Crippen molar-refractivity contribution in [3.05, 3.63) is 41.5 Å². The molecular formula is C19H21FN2O4. The molecular weight excluding hydrogens is 339 g/mol. The Morgan fingerprint density at radius 2 is 1.77 bits per heavy atom. The Bertz CT molecular complexity index is 764. The number of amides is 2. The quantitative estimate of drug-likeness (QED) is 0.576. The number of rotatable bonds is 6. The maximum absolute atomic E-state index is 13.2. The molecule has 0 atom stereocenters. The number of hydrogen-bond donors (Lipinski definition) is 0. The van der Waals surface area contributed by atoms with Crippen LogP contribution in [0, 0.1) is 11.7 Å². The van der Waals surface area contributed by atoms with Crippen molar-refractivity contribution in [2.45, 2.75) is 33.1 Å². The largest absolute Gasteiger partial charge is 0.418 e.